The third kappa shape index (κ3) is 4.25. The van der Waals surface area contributed by atoms with E-state index in [1.54, 1.807) is 12.4 Å². The van der Waals surface area contributed by atoms with Gasteiger partial charge in [-0.25, -0.2) is 4.98 Å². The van der Waals surface area contributed by atoms with Crippen molar-refractivity contribution in [3.63, 3.8) is 0 Å². The van der Waals surface area contributed by atoms with Gasteiger partial charge in [0.15, 0.2) is 5.75 Å². The third-order valence-corrected chi connectivity index (χ3v) is 2.11. The van der Waals surface area contributed by atoms with Crippen LogP contribution < -0.4 is 9.57 Å². The van der Waals surface area contributed by atoms with E-state index < -0.39 is 0 Å². The summed E-state index contributed by atoms with van der Waals surface area (Å²) in [6.45, 7) is 0.526. The number of rotatable bonds is 6. The van der Waals surface area contributed by atoms with Gasteiger partial charge in [0, 0.05) is 24.9 Å². The quantitative estimate of drug-likeness (QED) is 0.444. The Balaban J connectivity index is 1.64. The summed E-state index contributed by atoms with van der Waals surface area (Å²) in [6, 6.07) is 15.0. The van der Waals surface area contributed by atoms with E-state index in [0.29, 0.717) is 18.9 Å². The van der Waals surface area contributed by atoms with Crippen LogP contribution in [0, 0.1) is 0 Å². The topological polar surface area (TPSA) is 43.7 Å². The minimum absolute atomic E-state index is 0.526. The van der Waals surface area contributed by atoms with E-state index in [1.165, 1.54) is 0 Å². The summed E-state index contributed by atoms with van der Waals surface area (Å²) in [7, 11) is 0. The Morgan fingerprint density at radius 2 is 1.89 bits per heavy atom. The number of para-hydroxylation sites is 1. The molecule has 0 atom stereocenters. The Labute approximate surface area is 106 Å². The summed E-state index contributed by atoms with van der Waals surface area (Å²) in [4.78, 5) is 9.20. The predicted molar refractivity (Wildman–Crippen MR) is 69.9 cm³/mol. The van der Waals surface area contributed by atoms with Crippen molar-refractivity contribution in [2.24, 2.45) is 5.16 Å². The van der Waals surface area contributed by atoms with Gasteiger partial charge < -0.3 is 9.57 Å². The highest BCUT2D eigenvalue weighted by molar-refractivity contribution is 5.56. The average Bonchev–Trinajstić information content (AvgIpc) is 2.45. The average molecular weight is 242 g/mol. The van der Waals surface area contributed by atoms with Crippen molar-refractivity contribution in [1.82, 2.24) is 4.98 Å². The molecule has 0 N–H and O–H groups in total. The van der Waals surface area contributed by atoms with Crippen LogP contribution in [0.4, 0.5) is 0 Å². The van der Waals surface area contributed by atoms with Crippen LogP contribution in [0.5, 0.6) is 11.6 Å². The number of benzene rings is 1. The lowest BCUT2D eigenvalue weighted by atomic mass is 10.3. The molecular formula is C14H14N2O2. The molecule has 0 unspecified atom stereocenters. The zero-order valence-corrected chi connectivity index (χ0v) is 9.90. The van der Waals surface area contributed by atoms with E-state index in [4.69, 9.17) is 9.57 Å². The number of ether oxygens (including phenoxy) is 1. The maximum atomic E-state index is 5.40. The Bertz CT molecular complexity index is 472. The number of oxime groups is 1. The van der Waals surface area contributed by atoms with Crippen molar-refractivity contribution in [1.29, 1.82) is 0 Å². The molecule has 92 valence electrons. The van der Waals surface area contributed by atoms with Gasteiger partial charge in [-0.2, -0.15) is 0 Å². The molecule has 2 rings (SSSR count). The van der Waals surface area contributed by atoms with Crippen LogP contribution in [-0.2, 0) is 0 Å². The van der Waals surface area contributed by atoms with Gasteiger partial charge in [-0.1, -0.05) is 29.4 Å². The van der Waals surface area contributed by atoms with Crippen molar-refractivity contribution < 1.29 is 9.57 Å². The van der Waals surface area contributed by atoms with Gasteiger partial charge in [-0.05, 0) is 18.2 Å². The van der Waals surface area contributed by atoms with Gasteiger partial charge in [0.1, 0.15) is 0 Å². The summed E-state index contributed by atoms with van der Waals surface area (Å²) in [5.74, 6) is 1.34. The zero-order chi connectivity index (χ0) is 12.5. The van der Waals surface area contributed by atoms with Gasteiger partial charge in [-0.15, -0.1) is 0 Å². The monoisotopic (exact) mass is 242 g/mol. The maximum Gasteiger partial charge on any atom is 0.213 e. The Morgan fingerprint density at radius 3 is 2.67 bits per heavy atom. The standard InChI is InChI=1S/C14H14N2O2/c1-2-7-13(8-3-1)18-16-11-6-12-17-14-9-4-5-10-15-14/h1-5,7-11H,6,12H2. The van der Waals surface area contributed by atoms with E-state index in [1.807, 2.05) is 48.5 Å². The summed E-state index contributed by atoms with van der Waals surface area (Å²) in [6.07, 6.45) is 4.04. The predicted octanol–water partition coefficient (Wildman–Crippen LogP) is 2.92. The highest BCUT2D eigenvalue weighted by atomic mass is 16.6. The molecular weight excluding hydrogens is 228 g/mol. The minimum atomic E-state index is 0.526. The molecule has 18 heavy (non-hydrogen) atoms. The van der Waals surface area contributed by atoms with Crippen molar-refractivity contribution in [2.45, 2.75) is 6.42 Å². The first-order valence-corrected chi connectivity index (χ1v) is 5.73. The van der Waals surface area contributed by atoms with Crippen LogP contribution in [0.3, 0.4) is 0 Å². The highest BCUT2D eigenvalue weighted by Crippen LogP contribution is 2.08. The molecule has 0 amide bonds. The number of hydrogen-bond donors (Lipinski definition) is 0. The van der Waals surface area contributed by atoms with Crippen molar-refractivity contribution in [3.8, 4) is 11.6 Å². The maximum absolute atomic E-state index is 5.40. The number of nitrogens with zero attached hydrogens (tertiary/aromatic N) is 2. The van der Waals surface area contributed by atoms with E-state index in [9.17, 15) is 0 Å². The lowest BCUT2D eigenvalue weighted by molar-refractivity contribution is 0.311. The van der Waals surface area contributed by atoms with Gasteiger partial charge in [0.25, 0.3) is 0 Å². The molecule has 0 spiro atoms. The normalized spacial score (nSPS) is 10.4. The minimum Gasteiger partial charge on any atom is -0.477 e. The first-order valence-electron chi connectivity index (χ1n) is 5.73. The fourth-order valence-corrected chi connectivity index (χ4v) is 1.28. The molecule has 0 aliphatic rings. The number of hydrogen-bond acceptors (Lipinski definition) is 4. The van der Waals surface area contributed by atoms with E-state index in [2.05, 4.69) is 10.1 Å². The van der Waals surface area contributed by atoms with E-state index >= 15 is 0 Å². The van der Waals surface area contributed by atoms with E-state index in [0.717, 1.165) is 5.75 Å². The second-order valence-electron chi connectivity index (χ2n) is 3.50. The summed E-state index contributed by atoms with van der Waals surface area (Å²) >= 11 is 0. The second-order valence-corrected chi connectivity index (χ2v) is 3.50. The molecule has 0 saturated heterocycles. The molecule has 0 radical (unpaired) electrons. The fourth-order valence-electron chi connectivity index (χ4n) is 1.28. The van der Waals surface area contributed by atoms with Crippen LogP contribution in [0.1, 0.15) is 6.42 Å². The molecule has 4 nitrogen and oxygen atoms in total. The largest absolute Gasteiger partial charge is 0.477 e. The van der Waals surface area contributed by atoms with E-state index in [-0.39, 0.29) is 0 Å². The SMILES string of the molecule is C(CCOc1ccccn1)=NOc1ccccc1. The molecule has 4 heteroatoms. The highest BCUT2D eigenvalue weighted by Gasteiger charge is 1.91. The van der Waals surface area contributed by atoms with Crippen LogP contribution in [0.15, 0.2) is 59.9 Å². The van der Waals surface area contributed by atoms with Crippen LogP contribution in [-0.4, -0.2) is 17.8 Å². The molecule has 1 heterocycles. The van der Waals surface area contributed by atoms with Crippen molar-refractivity contribution in [2.75, 3.05) is 6.61 Å². The van der Waals surface area contributed by atoms with Gasteiger partial charge in [0.2, 0.25) is 5.88 Å². The van der Waals surface area contributed by atoms with Crippen LogP contribution in [0.25, 0.3) is 0 Å². The van der Waals surface area contributed by atoms with Crippen LogP contribution in [0.2, 0.25) is 0 Å². The molecule has 0 fully saturated rings. The molecule has 0 saturated carbocycles. The molecule has 0 bridgehead atoms. The number of aromatic nitrogens is 1. The Hall–Kier alpha value is -2.36. The lowest BCUT2D eigenvalue weighted by Gasteiger charge is -2.01. The lowest BCUT2D eigenvalue weighted by Crippen LogP contribution is -1.99. The van der Waals surface area contributed by atoms with Gasteiger partial charge >= 0.3 is 0 Å². The van der Waals surface area contributed by atoms with Crippen LogP contribution >= 0.6 is 0 Å². The first-order chi connectivity index (χ1) is 8.95. The molecule has 1 aromatic heterocycles. The van der Waals surface area contributed by atoms with Gasteiger partial charge in [-0.3, -0.25) is 0 Å². The molecule has 2 aromatic rings. The first kappa shape index (κ1) is 12.1. The smallest absolute Gasteiger partial charge is 0.213 e. The zero-order valence-electron chi connectivity index (χ0n) is 9.90. The molecule has 0 aliphatic heterocycles. The van der Waals surface area contributed by atoms with Crippen molar-refractivity contribution >= 4 is 6.21 Å². The summed E-state index contributed by atoms with van der Waals surface area (Å²) < 4.78 is 5.40. The Kier molecular flexibility index (Phi) is 4.75. The third-order valence-electron chi connectivity index (χ3n) is 2.11. The van der Waals surface area contributed by atoms with Crippen molar-refractivity contribution in [3.05, 3.63) is 54.7 Å². The number of pyridine rings is 1. The second kappa shape index (κ2) is 7.06. The fraction of sp³-hybridized carbons (Fsp3) is 0.143. The molecule has 0 aliphatic carbocycles. The molecule has 1 aromatic carbocycles. The Morgan fingerprint density at radius 1 is 1.06 bits per heavy atom. The summed E-state index contributed by atoms with van der Waals surface area (Å²) in [5, 5.41) is 3.85. The summed E-state index contributed by atoms with van der Waals surface area (Å²) in [5.41, 5.74) is 0. The van der Waals surface area contributed by atoms with Gasteiger partial charge in [0.05, 0.1) is 6.61 Å².